The van der Waals surface area contributed by atoms with Gasteiger partial charge in [0.2, 0.25) is 0 Å². The molecule has 20 heavy (non-hydrogen) atoms. The molecule has 1 aromatic carbocycles. The molecule has 0 aliphatic carbocycles. The first-order valence-corrected chi connectivity index (χ1v) is 6.21. The van der Waals surface area contributed by atoms with Crippen LogP contribution in [0.3, 0.4) is 0 Å². The Labute approximate surface area is 115 Å². The van der Waals surface area contributed by atoms with Gasteiger partial charge in [0.05, 0.1) is 5.56 Å². The average Bonchev–Trinajstić information content (AvgIpc) is 2.88. The van der Waals surface area contributed by atoms with Gasteiger partial charge in [-0.3, -0.25) is 0 Å². The van der Waals surface area contributed by atoms with Gasteiger partial charge < -0.3 is 5.11 Å². The molecule has 9 heteroatoms. The second-order valence-corrected chi connectivity index (χ2v) is 4.84. The van der Waals surface area contributed by atoms with Crippen LogP contribution in [-0.4, -0.2) is 36.3 Å². The van der Waals surface area contributed by atoms with Gasteiger partial charge in [-0.25, -0.2) is 9.18 Å². The number of carbonyl (C=O) groups is 1. The molecular weight excluding hydrogens is 285 g/mol. The normalized spacial score (nSPS) is 10.8. The SMILES string of the molecule is O=C(O)c1cc(Sc2ccc3nnnn3n2)ccc1F. The van der Waals surface area contributed by atoms with E-state index in [4.69, 9.17) is 5.11 Å². The Hall–Kier alpha value is -2.55. The van der Waals surface area contributed by atoms with E-state index in [9.17, 15) is 9.18 Å². The van der Waals surface area contributed by atoms with E-state index in [2.05, 4.69) is 20.6 Å². The number of benzene rings is 1. The molecule has 3 aromatic rings. The van der Waals surface area contributed by atoms with E-state index in [1.165, 1.54) is 28.5 Å². The Morgan fingerprint density at radius 3 is 2.95 bits per heavy atom. The highest BCUT2D eigenvalue weighted by Gasteiger charge is 2.12. The molecule has 0 bridgehead atoms. The van der Waals surface area contributed by atoms with Crippen molar-refractivity contribution in [2.24, 2.45) is 0 Å². The molecule has 0 amide bonds. The lowest BCUT2D eigenvalue weighted by molar-refractivity contribution is 0.0691. The van der Waals surface area contributed by atoms with Crippen molar-refractivity contribution in [2.45, 2.75) is 9.92 Å². The second kappa shape index (κ2) is 4.85. The first kappa shape index (κ1) is 12.5. The first-order chi connectivity index (χ1) is 9.63. The summed E-state index contributed by atoms with van der Waals surface area (Å²) in [4.78, 5) is 11.4. The van der Waals surface area contributed by atoms with Crippen LogP contribution in [0.25, 0.3) is 5.65 Å². The van der Waals surface area contributed by atoms with Gasteiger partial charge in [-0.1, -0.05) is 11.8 Å². The predicted octanol–water partition coefficient (Wildman–Crippen LogP) is 1.51. The van der Waals surface area contributed by atoms with Crippen LogP contribution in [0.5, 0.6) is 0 Å². The van der Waals surface area contributed by atoms with Gasteiger partial charge in [0, 0.05) is 4.90 Å². The summed E-state index contributed by atoms with van der Waals surface area (Å²) in [7, 11) is 0. The van der Waals surface area contributed by atoms with Gasteiger partial charge in [-0.2, -0.15) is 0 Å². The van der Waals surface area contributed by atoms with Crippen molar-refractivity contribution in [3.63, 3.8) is 0 Å². The summed E-state index contributed by atoms with van der Waals surface area (Å²) >= 11 is 1.19. The number of carboxylic acids is 1. The van der Waals surface area contributed by atoms with Crippen molar-refractivity contribution in [2.75, 3.05) is 0 Å². The Morgan fingerprint density at radius 2 is 2.15 bits per heavy atom. The average molecular weight is 291 g/mol. The molecule has 0 saturated carbocycles. The van der Waals surface area contributed by atoms with E-state index in [1.54, 1.807) is 12.1 Å². The topological polar surface area (TPSA) is 93.3 Å². The zero-order valence-corrected chi connectivity index (χ0v) is 10.6. The molecule has 0 spiro atoms. The summed E-state index contributed by atoms with van der Waals surface area (Å²) in [6, 6.07) is 7.23. The molecule has 0 unspecified atom stereocenters. The Bertz CT molecular complexity index is 806. The summed E-state index contributed by atoms with van der Waals surface area (Å²) < 4.78 is 14.5. The van der Waals surface area contributed by atoms with E-state index in [-0.39, 0.29) is 5.56 Å². The smallest absolute Gasteiger partial charge is 0.338 e. The number of nitrogens with zero attached hydrogens (tertiary/aromatic N) is 5. The van der Waals surface area contributed by atoms with Gasteiger partial charge >= 0.3 is 5.97 Å². The van der Waals surface area contributed by atoms with Crippen LogP contribution in [-0.2, 0) is 0 Å². The lowest BCUT2D eigenvalue weighted by Gasteiger charge is -2.03. The van der Waals surface area contributed by atoms with Crippen molar-refractivity contribution < 1.29 is 14.3 Å². The van der Waals surface area contributed by atoms with E-state index in [1.807, 2.05) is 0 Å². The minimum absolute atomic E-state index is 0.376. The summed E-state index contributed by atoms with van der Waals surface area (Å²) in [6.45, 7) is 0. The third-order valence-corrected chi connectivity index (χ3v) is 3.35. The molecule has 100 valence electrons. The van der Waals surface area contributed by atoms with Crippen molar-refractivity contribution in [3.05, 3.63) is 41.7 Å². The summed E-state index contributed by atoms with van der Waals surface area (Å²) in [6.07, 6.45) is 0. The molecule has 2 heterocycles. The molecule has 2 aromatic heterocycles. The van der Waals surface area contributed by atoms with Gasteiger partial charge in [-0.05, 0) is 40.8 Å². The van der Waals surface area contributed by atoms with Gasteiger partial charge in [0.25, 0.3) is 0 Å². The Morgan fingerprint density at radius 1 is 1.30 bits per heavy atom. The fourth-order valence-electron chi connectivity index (χ4n) is 1.54. The van der Waals surface area contributed by atoms with E-state index in [0.29, 0.717) is 15.6 Å². The number of hydrogen-bond donors (Lipinski definition) is 1. The number of aromatic nitrogens is 5. The molecule has 0 atom stereocenters. The number of hydrogen-bond acceptors (Lipinski definition) is 6. The van der Waals surface area contributed by atoms with Crippen LogP contribution < -0.4 is 0 Å². The number of aromatic carboxylic acids is 1. The maximum absolute atomic E-state index is 13.3. The monoisotopic (exact) mass is 291 g/mol. The molecule has 3 rings (SSSR count). The highest BCUT2D eigenvalue weighted by Crippen LogP contribution is 2.27. The van der Waals surface area contributed by atoms with Crippen LogP contribution >= 0.6 is 11.8 Å². The van der Waals surface area contributed by atoms with Crippen LogP contribution in [0.4, 0.5) is 4.39 Å². The van der Waals surface area contributed by atoms with Crippen LogP contribution in [0.15, 0.2) is 40.3 Å². The third-order valence-electron chi connectivity index (χ3n) is 2.44. The number of tetrazole rings is 1. The molecule has 0 fully saturated rings. The van der Waals surface area contributed by atoms with Crippen molar-refractivity contribution >= 4 is 23.4 Å². The zero-order valence-electron chi connectivity index (χ0n) is 9.76. The molecular formula is C11H6FN5O2S. The largest absolute Gasteiger partial charge is 0.478 e. The molecule has 0 radical (unpaired) electrons. The standard InChI is InChI=1S/C11H6FN5O2S/c12-8-2-1-6(5-7(8)11(18)19)20-10-4-3-9-13-15-16-17(9)14-10/h1-5H,(H,18,19). The van der Waals surface area contributed by atoms with Crippen molar-refractivity contribution in [1.82, 2.24) is 25.3 Å². The Kier molecular flexibility index (Phi) is 3.03. The van der Waals surface area contributed by atoms with Crippen molar-refractivity contribution in [1.29, 1.82) is 0 Å². The molecule has 7 nitrogen and oxygen atoms in total. The van der Waals surface area contributed by atoms with Gasteiger partial charge in [-0.15, -0.1) is 14.8 Å². The fourth-order valence-corrected chi connectivity index (χ4v) is 2.35. The van der Waals surface area contributed by atoms with Crippen LogP contribution in [0.2, 0.25) is 0 Å². The second-order valence-electron chi connectivity index (χ2n) is 3.75. The summed E-state index contributed by atoms with van der Waals surface area (Å²) in [5.41, 5.74) is 0.123. The minimum Gasteiger partial charge on any atom is -0.478 e. The zero-order chi connectivity index (χ0) is 14.1. The molecule has 1 N–H and O–H groups in total. The Balaban J connectivity index is 1.94. The van der Waals surface area contributed by atoms with E-state index < -0.39 is 11.8 Å². The minimum atomic E-state index is -1.31. The lowest BCUT2D eigenvalue weighted by Crippen LogP contribution is -2.00. The number of halogens is 1. The molecule has 0 aliphatic heterocycles. The van der Waals surface area contributed by atoms with E-state index >= 15 is 0 Å². The number of carboxylic acid groups (broad SMARTS) is 1. The van der Waals surface area contributed by atoms with Gasteiger partial charge in [0.15, 0.2) is 5.65 Å². The van der Waals surface area contributed by atoms with Crippen molar-refractivity contribution in [3.8, 4) is 0 Å². The highest BCUT2D eigenvalue weighted by molar-refractivity contribution is 7.99. The maximum Gasteiger partial charge on any atom is 0.338 e. The summed E-state index contributed by atoms with van der Waals surface area (Å²) in [5, 5.41) is 24.4. The number of fused-ring (bicyclic) bond motifs is 1. The predicted molar refractivity (Wildman–Crippen MR) is 66.1 cm³/mol. The van der Waals surface area contributed by atoms with E-state index in [0.717, 1.165) is 6.07 Å². The third kappa shape index (κ3) is 2.30. The molecule has 0 saturated heterocycles. The van der Waals surface area contributed by atoms with Gasteiger partial charge in [0.1, 0.15) is 10.8 Å². The molecule has 0 aliphatic rings. The quantitative estimate of drug-likeness (QED) is 0.781. The fraction of sp³-hybridized carbons (Fsp3) is 0. The maximum atomic E-state index is 13.3. The lowest BCUT2D eigenvalue weighted by atomic mass is 10.2. The van der Waals surface area contributed by atoms with Crippen LogP contribution in [0.1, 0.15) is 10.4 Å². The first-order valence-electron chi connectivity index (χ1n) is 5.39. The van der Waals surface area contributed by atoms with Crippen LogP contribution in [0, 0.1) is 5.82 Å². The summed E-state index contributed by atoms with van der Waals surface area (Å²) in [5.74, 6) is -2.08. The highest BCUT2D eigenvalue weighted by atomic mass is 32.2. The number of rotatable bonds is 3.